The van der Waals surface area contributed by atoms with E-state index in [0.717, 1.165) is 19.3 Å². The van der Waals surface area contributed by atoms with E-state index in [1.165, 1.54) is 0 Å². The van der Waals surface area contributed by atoms with Gasteiger partial charge in [0.2, 0.25) is 10.0 Å². The SMILES string of the molecule is CC1CCCC(C)N1S(=O)(=O)c1ccc(N)cc1. The highest BCUT2D eigenvalue weighted by atomic mass is 32.2. The Labute approximate surface area is 109 Å². The lowest BCUT2D eigenvalue weighted by Gasteiger charge is -2.37. The summed E-state index contributed by atoms with van der Waals surface area (Å²) >= 11 is 0. The van der Waals surface area contributed by atoms with Crippen LogP contribution in [0.1, 0.15) is 33.1 Å². The molecule has 18 heavy (non-hydrogen) atoms. The highest BCUT2D eigenvalue weighted by molar-refractivity contribution is 7.89. The molecule has 2 unspecified atom stereocenters. The first-order valence-electron chi connectivity index (χ1n) is 6.32. The van der Waals surface area contributed by atoms with Gasteiger partial charge in [0.25, 0.3) is 0 Å². The minimum atomic E-state index is -3.40. The summed E-state index contributed by atoms with van der Waals surface area (Å²) in [4.78, 5) is 0.331. The van der Waals surface area contributed by atoms with Crippen LogP contribution >= 0.6 is 0 Å². The molecule has 1 saturated heterocycles. The van der Waals surface area contributed by atoms with Gasteiger partial charge in [-0.2, -0.15) is 4.31 Å². The number of hydrogen-bond acceptors (Lipinski definition) is 3. The van der Waals surface area contributed by atoms with Crippen molar-refractivity contribution in [2.75, 3.05) is 5.73 Å². The normalized spacial score (nSPS) is 26.1. The number of nitrogen functional groups attached to an aromatic ring is 1. The average Bonchev–Trinajstić information content (AvgIpc) is 2.29. The van der Waals surface area contributed by atoms with Gasteiger partial charge in [-0.3, -0.25) is 0 Å². The van der Waals surface area contributed by atoms with E-state index in [2.05, 4.69) is 0 Å². The van der Waals surface area contributed by atoms with Gasteiger partial charge in [0, 0.05) is 17.8 Å². The fraction of sp³-hybridized carbons (Fsp3) is 0.538. The average molecular weight is 268 g/mol. The molecule has 0 amide bonds. The van der Waals surface area contributed by atoms with Crippen molar-refractivity contribution in [3.8, 4) is 0 Å². The molecule has 4 nitrogen and oxygen atoms in total. The van der Waals surface area contributed by atoms with Crippen LogP contribution in [0.15, 0.2) is 29.2 Å². The smallest absolute Gasteiger partial charge is 0.243 e. The van der Waals surface area contributed by atoms with E-state index < -0.39 is 10.0 Å². The van der Waals surface area contributed by atoms with Crippen LogP contribution in [-0.4, -0.2) is 24.8 Å². The number of nitrogens with two attached hydrogens (primary N) is 1. The van der Waals surface area contributed by atoms with Gasteiger partial charge in [-0.25, -0.2) is 8.42 Å². The molecule has 2 atom stereocenters. The standard InChI is InChI=1S/C13H20N2O2S/c1-10-4-3-5-11(2)15(10)18(16,17)13-8-6-12(14)7-9-13/h6-11H,3-5,14H2,1-2H3. The van der Waals surface area contributed by atoms with Gasteiger partial charge < -0.3 is 5.73 Å². The fourth-order valence-electron chi connectivity index (χ4n) is 2.63. The lowest BCUT2D eigenvalue weighted by atomic mass is 10.0. The largest absolute Gasteiger partial charge is 0.399 e. The zero-order valence-corrected chi connectivity index (χ0v) is 11.7. The Kier molecular flexibility index (Phi) is 3.64. The van der Waals surface area contributed by atoms with Crippen molar-refractivity contribution < 1.29 is 8.42 Å². The van der Waals surface area contributed by atoms with E-state index in [-0.39, 0.29) is 12.1 Å². The summed E-state index contributed by atoms with van der Waals surface area (Å²) in [6.45, 7) is 3.95. The number of rotatable bonds is 2. The molecule has 0 aliphatic carbocycles. The van der Waals surface area contributed by atoms with Crippen molar-refractivity contribution in [2.45, 2.75) is 50.1 Å². The topological polar surface area (TPSA) is 63.4 Å². The molecule has 1 aromatic carbocycles. The fourth-order valence-corrected chi connectivity index (χ4v) is 4.51. The number of sulfonamides is 1. The first-order chi connectivity index (χ1) is 8.43. The number of piperidine rings is 1. The Morgan fingerprint density at radius 3 is 2.11 bits per heavy atom. The third-order valence-electron chi connectivity index (χ3n) is 3.57. The Morgan fingerprint density at radius 2 is 1.61 bits per heavy atom. The maximum Gasteiger partial charge on any atom is 0.243 e. The van der Waals surface area contributed by atoms with Crippen molar-refractivity contribution in [1.82, 2.24) is 4.31 Å². The summed E-state index contributed by atoms with van der Waals surface area (Å²) in [6.07, 6.45) is 2.95. The number of hydrogen-bond donors (Lipinski definition) is 1. The molecule has 0 spiro atoms. The van der Waals surface area contributed by atoms with E-state index >= 15 is 0 Å². The van der Waals surface area contributed by atoms with E-state index in [9.17, 15) is 8.42 Å². The quantitative estimate of drug-likeness (QED) is 0.836. The van der Waals surface area contributed by atoms with E-state index in [1.54, 1.807) is 28.6 Å². The van der Waals surface area contributed by atoms with Crippen LogP contribution in [-0.2, 0) is 10.0 Å². The monoisotopic (exact) mass is 268 g/mol. The van der Waals surface area contributed by atoms with Gasteiger partial charge in [-0.1, -0.05) is 6.42 Å². The summed E-state index contributed by atoms with van der Waals surface area (Å²) in [5.41, 5.74) is 6.17. The molecule has 1 fully saturated rings. The molecule has 0 bridgehead atoms. The number of anilines is 1. The predicted octanol–water partition coefficient (Wildman–Crippen LogP) is 2.22. The first kappa shape index (κ1) is 13.4. The van der Waals surface area contributed by atoms with Crippen molar-refractivity contribution in [3.05, 3.63) is 24.3 Å². The van der Waals surface area contributed by atoms with E-state index in [0.29, 0.717) is 10.6 Å². The predicted molar refractivity (Wildman–Crippen MR) is 72.7 cm³/mol. The van der Waals surface area contributed by atoms with Crippen LogP contribution in [0.2, 0.25) is 0 Å². The summed E-state index contributed by atoms with van der Waals surface area (Å²) in [5, 5.41) is 0. The number of nitrogens with zero attached hydrogens (tertiary/aromatic N) is 1. The van der Waals surface area contributed by atoms with Gasteiger partial charge in [-0.15, -0.1) is 0 Å². The highest BCUT2D eigenvalue weighted by Gasteiger charge is 2.35. The molecule has 1 aromatic rings. The van der Waals surface area contributed by atoms with Crippen molar-refractivity contribution in [1.29, 1.82) is 0 Å². The molecule has 1 aliphatic heterocycles. The van der Waals surface area contributed by atoms with Crippen molar-refractivity contribution in [2.24, 2.45) is 0 Å². The molecule has 1 aliphatic rings. The summed E-state index contributed by atoms with van der Waals surface area (Å²) in [6, 6.07) is 6.56. The maximum absolute atomic E-state index is 12.6. The van der Waals surface area contributed by atoms with E-state index in [4.69, 9.17) is 5.73 Å². The van der Waals surface area contributed by atoms with Crippen LogP contribution in [0.25, 0.3) is 0 Å². The molecule has 0 aromatic heterocycles. The summed E-state index contributed by atoms with van der Waals surface area (Å²) in [5.74, 6) is 0. The summed E-state index contributed by atoms with van der Waals surface area (Å²) in [7, 11) is -3.40. The van der Waals surface area contributed by atoms with E-state index in [1.807, 2.05) is 13.8 Å². The molecule has 2 N–H and O–H groups in total. The second-order valence-corrected chi connectivity index (χ2v) is 6.88. The zero-order chi connectivity index (χ0) is 13.3. The first-order valence-corrected chi connectivity index (χ1v) is 7.76. The zero-order valence-electron chi connectivity index (χ0n) is 10.8. The Bertz CT molecular complexity index is 500. The van der Waals surface area contributed by atoms with Crippen molar-refractivity contribution >= 4 is 15.7 Å². The Morgan fingerprint density at radius 1 is 1.11 bits per heavy atom. The molecule has 100 valence electrons. The Hall–Kier alpha value is -1.07. The molecule has 2 rings (SSSR count). The van der Waals surface area contributed by atoms with Crippen LogP contribution in [0, 0.1) is 0 Å². The Balaban J connectivity index is 2.38. The van der Waals surface area contributed by atoms with Crippen LogP contribution < -0.4 is 5.73 Å². The lowest BCUT2D eigenvalue weighted by molar-refractivity contribution is 0.204. The minimum absolute atomic E-state index is 0.0660. The number of benzene rings is 1. The minimum Gasteiger partial charge on any atom is -0.399 e. The second-order valence-electron chi connectivity index (χ2n) is 5.03. The van der Waals surface area contributed by atoms with Crippen LogP contribution in [0.4, 0.5) is 5.69 Å². The van der Waals surface area contributed by atoms with Crippen molar-refractivity contribution in [3.63, 3.8) is 0 Å². The molecule has 0 radical (unpaired) electrons. The third kappa shape index (κ3) is 2.37. The van der Waals surface area contributed by atoms with Crippen LogP contribution in [0.3, 0.4) is 0 Å². The van der Waals surface area contributed by atoms with Gasteiger partial charge in [0.15, 0.2) is 0 Å². The molecular weight excluding hydrogens is 248 g/mol. The van der Waals surface area contributed by atoms with Gasteiger partial charge in [0.05, 0.1) is 4.90 Å². The summed E-state index contributed by atoms with van der Waals surface area (Å²) < 4.78 is 26.8. The second kappa shape index (κ2) is 4.90. The van der Waals surface area contributed by atoms with Crippen LogP contribution in [0.5, 0.6) is 0 Å². The lowest BCUT2D eigenvalue weighted by Crippen LogP contribution is -2.47. The van der Waals surface area contributed by atoms with Gasteiger partial charge in [0.1, 0.15) is 0 Å². The molecular formula is C13H20N2O2S. The molecule has 5 heteroatoms. The maximum atomic E-state index is 12.6. The third-order valence-corrected chi connectivity index (χ3v) is 5.71. The molecule has 0 saturated carbocycles. The van der Waals surface area contributed by atoms with Gasteiger partial charge >= 0.3 is 0 Å². The highest BCUT2D eigenvalue weighted by Crippen LogP contribution is 2.29. The molecule has 1 heterocycles. The van der Waals surface area contributed by atoms with Gasteiger partial charge in [-0.05, 0) is 51.0 Å².